The first-order valence-electron chi connectivity index (χ1n) is 5.70. The van der Waals surface area contributed by atoms with Gasteiger partial charge < -0.3 is 9.84 Å². The van der Waals surface area contributed by atoms with Crippen molar-refractivity contribution in [3.8, 4) is 5.75 Å². The first kappa shape index (κ1) is 15.1. The fraction of sp³-hybridized carbons (Fsp3) is 0.0714. The molecule has 0 saturated carbocycles. The number of thiophene rings is 1. The zero-order valence-corrected chi connectivity index (χ0v) is 11.2. The molecule has 2 aromatic rings. The average molecular weight is 314 g/mol. The van der Waals surface area contributed by atoms with Crippen LogP contribution in [0.3, 0.4) is 0 Å². The van der Waals surface area contributed by atoms with Gasteiger partial charge >= 0.3 is 12.3 Å². The van der Waals surface area contributed by atoms with Gasteiger partial charge in [-0.2, -0.15) is 0 Å². The summed E-state index contributed by atoms with van der Waals surface area (Å²) in [6, 6.07) is 8.36. The standard InChI is InChI=1S/C14H9F3O3S/c15-14(16,17)20-10-5-3-9(4-6-10)8-11(13(18)19)12-2-1-7-21-12/h1-8H,(H,18,19)/b11-8-. The summed E-state index contributed by atoms with van der Waals surface area (Å²) in [7, 11) is 0. The highest BCUT2D eigenvalue weighted by Crippen LogP contribution is 2.26. The summed E-state index contributed by atoms with van der Waals surface area (Å²) in [5, 5.41) is 10.9. The number of hydrogen-bond acceptors (Lipinski definition) is 3. The number of hydrogen-bond donors (Lipinski definition) is 1. The summed E-state index contributed by atoms with van der Waals surface area (Å²) < 4.78 is 39.8. The van der Waals surface area contributed by atoms with E-state index in [0.29, 0.717) is 10.4 Å². The normalized spacial score (nSPS) is 12.2. The molecular weight excluding hydrogens is 305 g/mol. The molecule has 110 valence electrons. The van der Waals surface area contributed by atoms with Crippen LogP contribution in [0.1, 0.15) is 10.4 Å². The molecule has 3 nitrogen and oxygen atoms in total. The van der Waals surface area contributed by atoms with Crippen molar-refractivity contribution in [3.05, 3.63) is 52.2 Å². The van der Waals surface area contributed by atoms with E-state index in [1.54, 1.807) is 17.5 Å². The van der Waals surface area contributed by atoms with E-state index in [1.807, 2.05) is 0 Å². The van der Waals surface area contributed by atoms with Gasteiger partial charge in [-0.15, -0.1) is 24.5 Å². The Morgan fingerprint density at radius 2 is 1.86 bits per heavy atom. The maximum absolute atomic E-state index is 12.0. The smallest absolute Gasteiger partial charge is 0.478 e. The zero-order valence-electron chi connectivity index (χ0n) is 10.4. The molecule has 2 rings (SSSR count). The van der Waals surface area contributed by atoms with Gasteiger partial charge in [0.2, 0.25) is 0 Å². The van der Waals surface area contributed by atoms with Gasteiger partial charge in [0.15, 0.2) is 0 Å². The molecule has 1 aromatic heterocycles. The topological polar surface area (TPSA) is 46.5 Å². The molecule has 0 saturated heterocycles. The molecule has 0 amide bonds. The minimum atomic E-state index is -4.75. The second kappa shape index (κ2) is 6.01. The van der Waals surface area contributed by atoms with Crippen LogP contribution in [-0.4, -0.2) is 17.4 Å². The Morgan fingerprint density at radius 1 is 1.19 bits per heavy atom. The maximum atomic E-state index is 12.0. The molecule has 21 heavy (non-hydrogen) atoms. The number of rotatable bonds is 4. The summed E-state index contributed by atoms with van der Waals surface area (Å²) in [5.41, 5.74) is 0.546. The Morgan fingerprint density at radius 3 is 2.33 bits per heavy atom. The number of alkyl halides is 3. The molecule has 0 aliphatic carbocycles. The van der Waals surface area contributed by atoms with Crippen molar-refractivity contribution in [2.24, 2.45) is 0 Å². The Labute approximate surface area is 121 Å². The van der Waals surface area contributed by atoms with E-state index >= 15 is 0 Å². The predicted molar refractivity (Wildman–Crippen MR) is 73.0 cm³/mol. The van der Waals surface area contributed by atoms with Crippen molar-refractivity contribution in [2.75, 3.05) is 0 Å². The number of carbonyl (C=O) groups is 1. The molecule has 0 spiro atoms. The molecule has 0 bridgehead atoms. The van der Waals surface area contributed by atoms with Gasteiger partial charge in [0.1, 0.15) is 5.75 Å². The van der Waals surface area contributed by atoms with Crippen molar-refractivity contribution in [2.45, 2.75) is 6.36 Å². The molecular formula is C14H9F3O3S. The number of ether oxygens (including phenoxy) is 1. The van der Waals surface area contributed by atoms with Crippen molar-refractivity contribution in [3.63, 3.8) is 0 Å². The summed E-state index contributed by atoms with van der Waals surface area (Å²) >= 11 is 1.27. The molecule has 1 heterocycles. The van der Waals surface area contributed by atoms with Gasteiger partial charge in [-0.3, -0.25) is 0 Å². The van der Waals surface area contributed by atoms with E-state index in [0.717, 1.165) is 12.1 Å². The zero-order chi connectivity index (χ0) is 15.5. The highest BCUT2D eigenvalue weighted by atomic mass is 32.1. The molecule has 0 radical (unpaired) electrons. The number of carboxylic acids is 1. The van der Waals surface area contributed by atoms with Gasteiger partial charge in [-0.05, 0) is 35.2 Å². The third-order valence-electron chi connectivity index (χ3n) is 2.44. The SMILES string of the molecule is O=C(O)/C(=C\c1ccc(OC(F)(F)F)cc1)c1cccs1. The summed E-state index contributed by atoms with van der Waals surface area (Å²) in [6.07, 6.45) is -3.36. The second-order valence-corrected chi connectivity index (χ2v) is 4.90. The predicted octanol–water partition coefficient (Wildman–Crippen LogP) is 4.27. The maximum Gasteiger partial charge on any atom is 0.573 e. The largest absolute Gasteiger partial charge is 0.573 e. The van der Waals surface area contributed by atoms with E-state index in [9.17, 15) is 23.1 Å². The highest BCUT2D eigenvalue weighted by molar-refractivity contribution is 7.11. The molecule has 0 aliphatic rings. The molecule has 0 atom stereocenters. The van der Waals surface area contributed by atoms with Crippen LogP contribution in [0, 0.1) is 0 Å². The number of halogens is 3. The van der Waals surface area contributed by atoms with Crippen molar-refractivity contribution >= 4 is 29.0 Å². The molecule has 0 aliphatic heterocycles. The lowest BCUT2D eigenvalue weighted by Gasteiger charge is -2.08. The lowest BCUT2D eigenvalue weighted by molar-refractivity contribution is -0.274. The van der Waals surface area contributed by atoms with Crippen LogP contribution >= 0.6 is 11.3 Å². The Balaban J connectivity index is 2.25. The summed E-state index contributed by atoms with van der Waals surface area (Å²) in [4.78, 5) is 11.8. The van der Waals surface area contributed by atoms with Crippen molar-refractivity contribution in [1.29, 1.82) is 0 Å². The van der Waals surface area contributed by atoms with Crippen LogP contribution < -0.4 is 4.74 Å². The number of aliphatic carboxylic acids is 1. The van der Waals surface area contributed by atoms with Gasteiger partial charge in [-0.25, -0.2) is 4.79 Å². The average Bonchev–Trinajstić information content (AvgIpc) is 2.89. The fourth-order valence-electron chi connectivity index (χ4n) is 1.60. The third-order valence-corrected chi connectivity index (χ3v) is 3.34. The lowest BCUT2D eigenvalue weighted by atomic mass is 10.1. The molecule has 0 fully saturated rings. The first-order chi connectivity index (χ1) is 9.85. The number of carboxylic acid groups (broad SMARTS) is 1. The minimum Gasteiger partial charge on any atom is -0.478 e. The van der Waals surface area contributed by atoms with Gasteiger partial charge in [0.05, 0.1) is 5.57 Å². The number of benzene rings is 1. The first-order valence-corrected chi connectivity index (χ1v) is 6.58. The van der Waals surface area contributed by atoms with Gasteiger partial charge in [0.25, 0.3) is 0 Å². The van der Waals surface area contributed by atoms with Gasteiger partial charge in [0, 0.05) is 4.88 Å². The van der Waals surface area contributed by atoms with Crippen LogP contribution in [0.5, 0.6) is 5.75 Å². The quantitative estimate of drug-likeness (QED) is 0.857. The van der Waals surface area contributed by atoms with Crippen LogP contribution in [0.4, 0.5) is 13.2 Å². The van der Waals surface area contributed by atoms with Crippen LogP contribution in [0.15, 0.2) is 41.8 Å². The van der Waals surface area contributed by atoms with Crippen LogP contribution in [0.2, 0.25) is 0 Å². The molecule has 1 aromatic carbocycles. The van der Waals surface area contributed by atoms with Crippen molar-refractivity contribution in [1.82, 2.24) is 0 Å². The van der Waals surface area contributed by atoms with Crippen LogP contribution in [-0.2, 0) is 4.79 Å². The molecule has 0 unspecified atom stereocenters. The van der Waals surface area contributed by atoms with E-state index < -0.39 is 12.3 Å². The fourth-order valence-corrected chi connectivity index (χ4v) is 2.34. The van der Waals surface area contributed by atoms with Gasteiger partial charge in [-0.1, -0.05) is 18.2 Å². The van der Waals surface area contributed by atoms with Crippen molar-refractivity contribution < 1.29 is 27.8 Å². The molecule has 7 heteroatoms. The minimum absolute atomic E-state index is 0.0782. The van der Waals surface area contributed by atoms with Crippen LogP contribution in [0.25, 0.3) is 11.6 Å². The van der Waals surface area contributed by atoms with E-state index in [4.69, 9.17) is 0 Å². The Hall–Kier alpha value is -2.28. The second-order valence-electron chi connectivity index (χ2n) is 3.96. The Bertz CT molecular complexity index is 643. The summed E-state index contributed by atoms with van der Waals surface area (Å²) in [5.74, 6) is -1.46. The van der Waals surface area contributed by atoms with E-state index in [-0.39, 0.29) is 11.3 Å². The highest BCUT2D eigenvalue weighted by Gasteiger charge is 2.30. The Kier molecular flexibility index (Phi) is 4.32. The van der Waals surface area contributed by atoms with E-state index in [1.165, 1.54) is 29.5 Å². The molecule has 1 N–H and O–H groups in total. The monoisotopic (exact) mass is 314 g/mol. The van der Waals surface area contributed by atoms with E-state index in [2.05, 4.69) is 4.74 Å². The lowest BCUT2D eigenvalue weighted by Crippen LogP contribution is -2.16. The third kappa shape index (κ3) is 4.35. The summed E-state index contributed by atoms with van der Waals surface area (Å²) in [6.45, 7) is 0.